The van der Waals surface area contributed by atoms with Crippen molar-refractivity contribution in [1.82, 2.24) is 4.90 Å². The van der Waals surface area contributed by atoms with Crippen molar-refractivity contribution in [2.45, 2.75) is 13.0 Å². The first-order valence-corrected chi connectivity index (χ1v) is 9.72. The van der Waals surface area contributed by atoms with E-state index in [4.69, 9.17) is 18.9 Å². The highest BCUT2D eigenvalue weighted by atomic mass is 16.5. The lowest BCUT2D eigenvalue weighted by molar-refractivity contribution is -0.111. The molecule has 164 valence electrons. The zero-order chi connectivity index (χ0) is 22.4. The highest BCUT2D eigenvalue weighted by Crippen LogP contribution is 2.38. The van der Waals surface area contributed by atoms with Crippen molar-refractivity contribution in [3.05, 3.63) is 53.1 Å². The van der Waals surface area contributed by atoms with Crippen LogP contribution in [0.2, 0.25) is 0 Å². The van der Waals surface area contributed by atoms with Gasteiger partial charge in [0.05, 0.1) is 28.4 Å². The summed E-state index contributed by atoms with van der Waals surface area (Å²) in [4.78, 5) is 25.9. The van der Waals surface area contributed by atoms with Crippen LogP contribution in [-0.2, 0) is 22.5 Å². The van der Waals surface area contributed by atoms with Gasteiger partial charge in [0, 0.05) is 24.9 Å². The highest BCUT2D eigenvalue weighted by molar-refractivity contribution is 6.02. The molecule has 0 saturated carbocycles. The van der Waals surface area contributed by atoms with Gasteiger partial charge in [-0.3, -0.25) is 4.79 Å². The average Bonchev–Trinajstić information content (AvgIpc) is 2.80. The summed E-state index contributed by atoms with van der Waals surface area (Å²) in [7, 11) is 5.98. The minimum atomic E-state index is -0.353. The van der Waals surface area contributed by atoms with Crippen molar-refractivity contribution < 1.29 is 28.5 Å². The van der Waals surface area contributed by atoms with Gasteiger partial charge in [-0.05, 0) is 53.5 Å². The number of carbonyl (C=O) groups is 2. The molecule has 1 N–H and O–H groups in total. The van der Waals surface area contributed by atoms with Gasteiger partial charge in [0.25, 0.3) is 0 Å². The third kappa shape index (κ3) is 5.09. The number of hydrogen-bond acceptors (Lipinski definition) is 6. The SMILES string of the molecule is COC(=O)N1CCc2ccc(NC(=O)/C=C/c3cc(OC)c(OC)c(OC)c3)cc2C1. The molecule has 0 radical (unpaired) electrons. The Morgan fingerprint density at radius 2 is 1.68 bits per heavy atom. The van der Waals surface area contributed by atoms with E-state index in [0.717, 1.165) is 23.1 Å². The summed E-state index contributed by atoms with van der Waals surface area (Å²) in [5.74, 6) is 1.22. The molecule has 0 atom stereocenters. The number of nitrogens with one attached hydrogen (secondary N) is 1. The Balaban J connectivity index is 1.72. The predicted octanol–water partition coefficient (Wildman–Crippen LogP) is 3.49. The molecule has 8 heteroatoms. The lowest BCUT2D eigenvalue weighted by Gasteiger charge is -2.28. The summed E-state index contributed by atoms with van der Waals surface area (Å²) < 4.78 is 20.8. The summed E-state index contributed by atoms with van der Waals surface area (Å²) in [5, 5.41) is 2.85. The lowest BCUT2D eigenvalue weighted by Crippen LogP contribution is -2.35. The molecular formula is C23H26N2O6. The molecule has 8 nitrogen and oxygen atoms in total. The number of ether oxygens (including phenoxy) is 4. The maximum atomic E-state index is 12.4. The van der Waals surface area contributed by atoms with E-state index < -0.39 is 0 Å². The highest BCUT2D eigenvalue weighted by Gasteiger charge is 2.21. The molecule has 2 aromatic rings. The fourth-order valence-corrected chi connectivity index (χ4v) is 3.47. The third-order valence-electron chi connectivity index (χ3n) is 5.03. The average molecular weight is 426 g/mol. The number of hydrogen-bond donors (Lipinski definition) is 1. The van der Waals surface area contributed by atoms with Crippen molar-refractivity contribution in [2.75, 3.05) is 40.3 Å². The Morgan fingerprint density at radius 3 is 2.29 bits per heavy atom. The van der Waals surface area contributed by atoms with Crippen LogP contribution in [-0.4, -0.2) is 51.9 Å². The van der Waals surface area contributed by atoms with Gasteiger partial charge in [-0.2, -0.15) is 0 Å². The van der Waals surface area contributed by atoms with E-state index in [9.17, 15) is 9.59 Å². The molecule has 1 aliphatic rings. The largest absolute Gasteiger partial charge is 0.493 e. The molecule has 0 bridgehead atoms. The van der Waals surface area contributed by atoms with E-state index in [1.54, 1.807) is 23.1 Å². The quantitative estimate of drug-likeness (QED) is 0.712. The van der Waals surface area contributed by atoms with Gasteiger partial charge in [0.2, 0.25) is 11.7 Å². The molecule has 2 amide bonds. The van der Waals surface area contributed by atoms with E-state index >= 15 is 0 Å². The minimum absolute atomic E-state index is 0.283. The number of nitrogens with zero attached hydrogens (tertiary/aromatic N) is 1. The number of rotatable bonds is 6. The van der Waals surface area contributed by atoms with Crippen LogP contribution in [0.5, 0.6) is 17.2 Å². The summed E-state index contributed by atoms with van der Waals surface area (Å²) in [5.41, 5.74) is 3.53. The monoisotopic (exact) mass is 426 g/mol. The van der Waals surface area contributed by atoms with Crippen molar-refractivity contribution in [2.24, 2.45) is 0 Å². The van der Waals surface area contributed by atoms with Crippen LogP contribution in [0.15, 0.2) is 36.4 Å². The number of anilines is 1. The molecule has 0 unspecified atom stereocenters. The molecule has 0 aromatic heterocycles. The Morgan fingerprint density at radius 1 is 0.968 bits per heavy atom. The first-order chi connectivity index (χ1) is 15.0. The van der Waals surface area contributed by atoms with Crippen LogP contribution >= 0.6 is 0 Å². The normalized spacial score (nSPS) is 12.8. The second-order valence-corrected chi connectivity index (χ2v) is 6.91. The van der Waals surface area contributed by atoms with E-state index in [1.807, 2.05) is 18.2 Å². The second-order valence-electron chi connectivity index (χ2n) is 6.91. The molecule has 2 aromatic carbocycles. The molecule has 1 aliphatic heterocycles. The second kappa shape index (κ2) is 9.88. The Labute approximate surface area is 181 Å². The minimum Gasteiger partial charge on any atom is -0.493 e. The molecule has 3 rings (SSSR count). The van der Waals surface area contributed by atoms with Crippen molar-refractivity contribution in [3.63, 3.8) is 0 Å². The van der Waals surface area contributed by atoms with Gasteiger partial charge in [-0.1, -0.05) is 6.07 Å². The third-order valence-corrected chi connectivity index (χ3v) is 5.03. The molecule has 0 saturated heterocycles. The van der Waals surface area contributed by atoms with Crippen molar-refractivity contribution in [3.8, 4) is 17.2 Å². The first kappa shape index (κ1) is 22.0. The fraction of sp³-hybridized carbons (Fsp3) is 0.304. The van der Waals surface area contributed by atoms with Gasteiger partial charge < -0.3 is 29.2 Å². The number of carbonyl (C=O) groups excluding carboxylic acids is 2. The Bertz CT molecular complexity index is 977. The summed E-state index contributed by atoms with van der Waals surface area (Å²) in [6, 6.07) is 9.23. The topological polar surface area (TPSA) is 86.3 Å². The van der Waals surface area contributed by atoms with Crippen LogP contribution in [0.1, 0.15) is 16.7 Å². The maximum Gasteiger partial charge on any atom is 0.409 e. The molecule has 31 heavy (non-hydrogen) atoms. The van der Waals surface area contributed by atoms with Crippen LogP contribution in [0.3, 0.4) is 0 Å². The van der Waals surface area contributed by atoms with Gasteiger partial charge >= 0.3 is 6.09 Å². The standard InChI is InChI=1S/C23H26N2O6/c1-28-19-11-15(12-20(29-2)22(19)30-3)5-8-21(26)24-18-7-6-16-9-10-25(23(27)31-4)14-17(16)13-18/h5-8,11-13H,9-10,14H2,1-4H3,(H,24,26)/b8-5+. The number of methoxy groups -OCH3 is 4. The predicted molar refractivity (Wildman–Crippen MR) is 117 cm³/mol. The van der Waals surface area contributed by atoms with Crippen LogP contribution in [0.4, 0.5) is 10.5 Å². The number of fused-ring (bicyclic) bond motifs is 1. The van der Waals surface area contributed by atoms with Crippen LogP contribution in [0, 0.1) is 0 Å². The Hall–Kier alpha value is -3.68. The lowest BCUT2D eigenvalue weighted by atomic mass is 9.99. The van der Waals surface area contributed by atoms with Gasteiger partial charge in [-0.15, -0.1) is 0 Å². The summed E-state index contributed by atoms with van der Waals surface area (Å²) in [6.45, 7) is 1.07. The molecular weight excluding hydrogens is 400 g/mol. The van der Waals surface area contributed by atoms with E-state index in [0.29, 0.717) is 36.0 Å². The van der Waals surface area contributed by atoms with Crippen LogP contribution < -0.4 is 19.5 Å². The molecule has 1 heterocycles. The first-order valence-electron chi connectivity index (χ1n) is 9.72. The number of amides is 2. The Kier molecular flexibility index (Phi) is 7.02. The molecule has 0 fully saturated rings. The van der Waals surface area contributed by atoms with E-state index in [-0.39, 0.29) is 12.0 Å². The van der Waals surface area contributed by atoms with Crippen LogP contribution in [0.25, 0.3) is 6.08 Å². The fourth-order valence-electron chi connectivity index (χ4n) is 3.47. The van der Waals surface area contributed by atoms with Gasteiger partial charge in [0.15, 0.2) is 11.5 Å². The molecule has 0 spiro atoms. The van der Waals surface area contributed by atoms with Gasteiger partial charge in [0.1, 0.15) is 0 Å². The zero-order valence-corrected chi connectivity index (χ0v) is 18.1. The van der Waals surface area contributed by atoms with Crippen molar-refractivity contribution in [1.29, 1.82) is 0 Å². The zero-order valence-electron chi connectivity index (χ0n) is 18.1. The van der Waals surface area contributed by atoms with Crippen molar-refractivity contribution >= 4 is 23.8 Å². The summed E-state index contributed by atoms with van der Waals surface area (Å²) in [6.07, 6.45) is 3.49. The molecule has 0 aliphatic carbocycles. The van der Waals surface area contributed by atoms with E-state index in [1.165, 1.54) is 34.5 Å². The summed E-state index contributed by atoms with van der Waals surface area (Å²) >= 11 is 0. The van der Waals surface area contributed by atoms with Gasteiger partial charge in [-0.25, -0.2) is 4.79 Å². The smallest absolute Gasteiger partial charge is 0.409 e. The number of benzene rings is 2. The van der Waals surface area contributed by atoms with E-state index in [2.05, 4.69) is 5.32 Å². The maximum absolute atomic E-state index is 12.4.